The summed E-state index contributed by atoms with van der Waals surface area (Å²) >= 11 is 0. The van der Waals surface area contributed by atoms with Gasteiger partial charge in [0, 0.05) is 12.1 Å². The summed E-state index contributed by atoms with van der Waals surface area (Å²) in [5, 5.41) is 7.43. The van der Waals surface area contributed by atoms with Gasteiger partial charge in [-0.15, -0.1) is 0 Å². The molecule has 2 heterocycles. The number of carbonyl (C=O) groups is 1. The molecule has 6 nitrogen and oxygen atoms in total. The minimum Gasteiger partial charge on any atom is -0.345 e. The Labute approximate surface area is 199 Å². The fourth-order valence-corrected chi connectivity index (χ4v) is 4.54. The zero-order valence-corrected chi connectivity index (χ0v) is 19.0. The normalized spacial score (nSPS) is 16.4. The Bertz CT molecular complexity index is 1160. The quantitative estimate of drug-likeness (QED) is 0.434. The van der Waals surface area contributed by atoms with Crippen molar-refractivity contribution in [3.8, 4) is 11.4 Å². The predicted octanol–water partition coefficient (Wildman–Crippen LogP) is 4.85. The van der Waals surface area contributed by atoms with Crippen LogP contribution in [0.2, 0.25) is 0 Å². The highest BCUT2D eigenvalue weighted by Crippen LogP contribution is 2.25. The molecule has 1 fully saturated rings. The zero-order chi connectivity index (χ0) is 23.2. The fourth-order valence-electron chi connectivity index (χ4n) is 4.54. The third-order valence-corrected chi connectivity index (χ3v) is 6.29. The van der Waals surface area contributed by atoms with Crippen LogP contribution in [0.3, 0.4) is 0 Å². The molecule has 1 aliphatic rings. The standard InChI is InChI=1S/C28H28N4O2/c33-28(30-26(21-11-4-1-5-12-21)22-13-6-2-7-14-22)24-17-10-18-32(19-24)20-25-29-27(31-34-25)23-15-8-3-9-16-23/h1-9,11-16,24,26H,10,17-20H2,(H,30,33). The monoisotopic (exact) mass is 452 g/mol. The zero-order valence-electron chi connectivity index (χ0n) is 19.0. The number of nitrogens with zero attached hydrogens (tertiary/aromatic N) is 3. The van der Waals surface area contributed by atoms with E-state index >= 15 is 0 Å². The van der Waals surface area contributed by atoms with Gasteiger partial charge in [-0.05, 0) is 30.5 Å². The van der Waals surface area contributed by atoms with Gasteiger partial charge in [0.05, 0.1) is 18.5 Å². The molecule has 6 heteroatoms. The first-order valence-corrected chi connectivity index (χ1v) is 11.8. The average Bonchev–Trinajstić information content (AvgIpc) is 3.37. The Kier molecular flexibility index (Phi) is 6.77. The van der Waals surface area contributed by atoms with Crippen molar-refractivity contribution in [3.63, 3.8) is 0 Å². The highest BCUT2D eigenvalue weighted by molar-refractivity contribution is 5.80. The summed E-state index contributed by atoms with van der Waals surface area (Å²) < 4.78 is 5.49. The molecular weight excluding hydrogens is 424 g/mol. The van der Waals surface area contributed by atoms with E-state index in [-0.39, 0.29) is 17.9 Å². The van der Waals surface area contributed by atoms with Crippen molar-refractivity contribution in [1.82, 2.24) is 20.4 Å². The topological polar surface area (TPSA) is 71.3 Å². The molecule has 0 saturated carbocycles. The maximum atomic E-state index is 13.4. The highest BCUT2D eigenvalue weighted by atomic mass is 16.5. The number of likely N-dealkylation sites (tertiary alicyclic amines) is 1. The van der Waals surface area contributed by atoms with Crippen molar-refractivity contribution >= 4 is 5.91 Å². The molecule has 1 atom stereocenters. The SMILES string of the molecule is O=C(NC(c1ccccc1)c1ccccc1)C1CCCN(Cc2nc(-c3ccccc3)no2)C1. The van der Waals surface area contributed by atoms with Crippen molar-refractivity contribution in [2.45, 2.75) is 25.4 Å². The minimum atomic E-state index is -0.172. The number of hydrogen-bond acceptors (Lipinski definition) is 5. The molecule has 34 heavy (non-hydrogen) atoms. The number of amides is 1. The summed E-state index contributed by atoms with van der Waals surface area (Å²) in [6, 6.07) is 29.9. The van der Waals surface area contributed by atoms with Crippen LogP contribution in [0, 0.1) is 5.92 Å². The number of aromatic nitrogens is 2. The largest absolute Gasteiger partial charge is 0.345 e. The molecule has 1 aliphatic heterocycles. The van der Waals surface area contributed by atoms with E-state index < -0.39 is 0 Å². The minimum absolute atomic E-state index is 0.0814. The molecule has 1 unspecified atom stereocenters. The predicted molar refractivity (Wildman–Crippen MR) is 131 cm³/mol. The van der Waals surface area contributed by atoms with E-state index in [2.05, 4.69) is 44.6 Å². The first-order valence-electron chi connectivity index (χ1n) is 11.8. The second kappa shape index (κ2) is 10.4. The number of carbonyl (C=O) groups excluding carboxylic acids is 1. The Balaban J connectivity index is 1.25. The van der Waals surface area contributed by atoms with Gasteiger partial charge in [0.1, 0.15) is 0 Å². The van der Waals surface area contributed by atoms with Crippen LogP contribution in [0.25, 0.3) is 11.4 Å². The molecule has 172 valence electrons. The molecule has 0 bridgehead atoms. The molecule has 1 N–H and O–H groups in total. The van der Waals surface area contributed by atoms with Gasteiger partial charge in [0.2, 0.25) is 17.6 Å². The average molecular weight is 453 g/mol. The summed E-state index contributed by atoms with van der Waals surface area (Å²) in [7, 11) is 0. The number of hydrogen-bond donors (Lipinski definition) is 1. The van der Waals surface area contributed by atoms with Gasteiger partial charge in [0.25, 0.3) is 0 Å². The summed E-state index contributed by atoms with van der Waals surface area (Å²) in [6.07, 6.45) is 1.83. The Hall–Kier alpha value is -3.77. The third kappa shape index (κ3) is 5.24. The van der Waals surface area contributed by atoms with Gasteiger partial charge in [0.15, 0.2) is 0 Å². The van der Waals surface area contributed by atoms with Crippen molar-refractivity contribution < 1.29 is 9.32 Å². The van der Waals surface area contributed by atoms with Crippen LogP contribution in [0.1, 0.15) is 35.9 Å². The number of piperidine rings is 1. The fraction of sp³-hybridized carbons (Fsp3) is 0.250. The molecule has 0 spiro atoms. The van der Waals surface area contributed by atoms with Crippen LogP contribution in [0.15, 0.2) is 95.5 Å². The molecular formula is C28H28N4O2. The van der Waals surface area contributed by atoms with E-state index in [1.807, 2.05) is 66.7 Å². The van der Waals surface area contributed by atoms with Crippen LogP contribution in [-0.2, 0) is 11.3 Å². The Morgan fingerprint density at radius 1 is 0.941 bits per heavy atom. The lowest BCUT2D eigenvalue weighted by Gasteiger charge is -2.32. The molecule has 1 saturated heterocycles. The second-order valence-corrected chi connectivity index (χ2v) is 8.71. The maximum absolute atomic E-state index is 13.4. The molecule has 0 aliphatic carbocycles. The van der Waals surface area contributed by atoms with Crippen molar-refractivity contribution in [2.24, 2.45) is 5.92 Å². The van der Waals surface area contributed by atoms with E-state index in [4.69, 9.17) is 4.52 Å². The van der Waals surface area contributed by atoms with Crippen LogP contribution < -0.4 is 5.32 Å². The number of rotatable bonds is 7. The molecule has 4 aromatic rings. The van der Waals surface area contributed by atoms with Crippen molar-refractivity contribution in [1.29, 1.82) is 0 Å². The van der Waals surface area contributed by atoms with Gasteiger partial charge in [-0.2, -0.15) is 4.98 Å². The summed E-state index contributed by atoms with van der Waals surface area (Å²) in [5.41, 5.74) is 3.09. The van der Waals surface area contributed by atoms with Gasteiger partial charge < -0.3 is 9.84 Å². The lowest BCUT2D eigenvalue weighted by Crippen LogP contribution is -2.43. The van der Waals surface area contributed by atoms with Crippen molar-refractivity contribution in [2.75, 3.05) is 13.1 Å². The van der Waals surface area contributed by atoms with Crippen LogP contribution in [0.4, 0.5) is 0 Å². The molecule has 1 amide bonds. The summed E-state index contributed by atoms with van der Waals surface area (Å²) in [5.74, 6) is 1.17. The van der Waals surface area contributed by atoms with E-state index in [1.54, 1.807) is 0 Å². The van der Waals surface area contributed by atoms with E-state index in [1.165, 1.54) is 0 Å². The molecule has 0 radical (unpaired) electrons. The van der Waals surface area contributed by atoms with Crippen molar-refractivity contribution in [3.05, 3.63) is 108 Å². The van der Waals surface area contributed by atoms with E-state index in [0.29, 0.717) is 24.8 Å². The maximum Gasteiger partial charge on any atom is 0.241 e. The number of benzene rings is 3. The summed E-state index contributed by atoms with van der Waals surface area (Å²) in [6.45, 7) is 2.13. The highest BCUT2D eigenvalue weighted by Gasteiger charge is 2.29. The van der Waals surface area contributed by atoms with Gasteiger partial charge in [-0.25, -0.2) is 0 Å². The molecule has 3 aromatic carbocycles. The summed E-state index contributed by atoms with van der Waals surface area (Å²) in [4.78, 5) is 20.1. The smallest absolute Gasteiger partial charge is 0.241 e. The number of nitrogens with one attached hydrogen (secondary N) is 1. The van der Waals surface area contributed by atoms with Gasteiger partial charge in [-0.3, -0.25) is 9.69 Å². The van der Waals surface area contributed by atoms with Gasteiger partial charge >= 0.3 is 0 Å². The van der Waals surface area contributed by atoms with Crippen LogP contribution in [-0.4, -0.2) is 34.0 Å². The third-order valence-electron chi connectivity index (χ3n) is 6.29. The van der Waals surface area contributed by atoms with Gasteiger partial charge in [-0.1, -0.05) is 96.2 Å². The molecule has 5 rings (SSSR count). The lowest BCUT2D eigenvalue weighted by molar-refractivity contribution is -0.127. The first kappa shape index (κ1) is 22.0. The first-order chi connectivity index (χ1) is 16.8. The van der Waals surface area contributed by atoms with Crippen LogP contribution >= 0.6 is 0 Å². The molecule has 1 aromatic heterocycles. The Morgan fingerprint density at radius 3 is 2.21 bits per heavy atom. The Morgan fingerprint density at radius 2 is 1.56 bits per heavy atom. The lowest BCUT2D eigenvalue weighted by atomic mass is 9.94. The van der Waals surface area contributed by atoms with E-state index in [0.717, 1.165) is 36.1 Å². The van der Waals surface area contributed by atoms with E-state index in [9.17, 15) is 4.79 Å². The second-order valence-electron chi connectivity index (χ2n) is 8.71. The van der Waals surface area contributed by atoms with Crippen LogP contribution in [0.5, 0.6) is 0 Å².